The molecule has 1 aromatic heterocycles. The molecule has 0 aliphatic carbocycles. The lowest BCUT2D eigenvalue weighted by Gasteiger charge is -2.12. The third-order valence-corrected chi connectivity index (χ3v) is 7.66. The Balaban J connectivity index is 1.37. The predicted octanol–water partition coefficient (Wildman–Crippen LogP) is 7.65. The molecule has 2 N–H and O–H groups in total. The summed E-state index contributed by atoms with van der Waals surface area (Å²) < 4.78 is 5.69. The molecule has 1 amide bonds. The van der Waals surface area contributed by atoms with Gasteiger partial charge in [0.1, 0.15) is 0 Å². The summed E-state index contributed by atoms with van der Waals surface area (Å²) >= 11 is 0. The number of nitrogens with zero attached hydrogens (tertiary/aromatic N) is 2. The zero-order chi connectivity index (χ0) is 30.6. The van der Waals surface area contributed by atoms with Crippen LogP contribution in [0, 0.1) is 0 Å². The van der Waals surface area contributed by atoms with Crippen molar-refractivity contribution in [1.29, 1.82) is 0 Å². The van der Waals surface area contributed by atoms with E-state index >= 15 is 0 Å². The molecular weight excluding hydrogens is 556 g/mol. The van der Waals surface area contributed by atoms with Gasteiger partial charge in [0.05, 0.1) is 29.4 Å². The Kier molecular flexibility index (Phi) is 7.60. The first-order valence-electron chi connectivity index (χ1n) is 14.9. The third-order valence-electron chi connectivity index (χ3n) is 7.66. The van der Waals surface area contributed by atoms with E-state index in [0.717, 1.165) is 67.6 Å². The molecule has 3 aliphatic heterocycles. The molecule has 0 bridgehead atoms. The minimum Gasteiger partial charge on any atom is -0.478 e. The number of ether oxygens (including phenoxy) is 1. The van der Waals surface area contributed by atoms with Crippen LogP contribution in [0.25, 0.3) is 16.7 Å². The Morgan fingerprint density at radius 3 is 1.67 bits per heavy atom. The molecule has 45 heavy (non-hydrogen) atoms. The van der Waals surface area contributed by atoms with Crippen LogP contribution >= 0.6 is 0 Å². The molecule has 3 aromatic carbocycles. The molecule has 0 atom stereocenters. The molecular formula is C39H30N4O2. The number of nitrogens with one attached hydrogen (secondary N) is 2. The van der Waals surface area contributed by atoms with Crippen molar-refractivity contribution in [2.75, 3.05) is 6.61 Å². The lowest BCUT2D eigenvalue weighted by atomic mass is 9.99. The molecule has 0 fully saturated rings. The third kappa shape index (κ3) is 5.69. The number of aromatic amines is 1. The van der Waals surface area contributed by atoms with Crippen LogP contribution in [0.1, 0.15) is 35.0 Å². The number of allylic oxidation sites excluding steroid dienone is 5. The Hall–Kier alpha value is -6.01. The lowest BCUT2D eigenvalue weighted by molar-refractivity contribution is -0.115. The molecule has 0 saturated carbocycles. The molecule has 6 heteroatoms. The van der Waals surface area contributed by atoms with E-state index in [-0.39, 0.29) is 5.91 Å². The van der Waals surface area contributed by atoms with Gasteiger partial charge in [-0.15, -0.1) is 0 Å². The smallest absolute Gasteiger partial charge is 0.248 e. The summed E-state index contributed by atoms with van der Waals surface area (Å²) in [5, 5.41) is 2.97. The van der Waals surface area contributed by atoms with Crippen molar-refractivity contribution in [1.82, 2.24) is 10.3 Å². The van der Waals surface area contributed by atoms with Crippen molar-refractivity contribution >= 4 is 34.2 Å². The van der Waals surface area contributed by atoms with Crippen molar-refractivity contribution in [2.45, 2.75) is 6.92 Å². The van der Waals surface area contributed by atoms with Gasteiger partial charge in [-0.3, -0.25) is 4.79 Å². The van der Waals surface area contributed by atoms with E-state index in [1.165, 1.54) is 0 Å². The minimum absolute atomic E-state index is 0.140. The van der Waals surface area contributed by atoms with Crippen LogP contribution < -0.4 is 5.32 Å². The Morgan fingerprint density at radius 2 is 1.13 bits per heavy atom. The molecule has 4 aromatic rings. The van der Waals surface area contributed by atoms with Crippen molar-refractivity contribution in [3.63, 3.8) is 0 Å². The number of aliphatic imine (C=N–C) groups is 2. The first-order valence-corrected chi connectivity index (χ1v) is 14.9. The number of carbonyl (C=O) groups is 1. The van der Waals surface area contributed by atoms with Gasteiger partial charge < -0.3 is 15.0 Å². The highest BCUT2D eigenvalue weighted by atomic mass is 16.5. The average Bonchev–Trinajstić information content (AvgIpc) is 3.90. The number of benzene rings is 3. The number of carbonyl (C=O) groups excluding carboxylic acids is 1. The number of rotatable bonds is 7. The van der Waals surface area contributed by atoms with E-state index in [4.69, 9.17) is 14.7 Å². The van der Waals surface area contributed by atoms with Gasteiger partial charge >= 0.3 is 0 Å². The number of H-pyrrole nitrogens is 1. The van der Waals surface area contributed by atoms with Gasteiger partial charge in [-0.2, -0.15) is 0 Å². The van der Waals surface area contributed by atoms with Crippen molar-refractivity contribution < 1.29 is 9.53 Å². The van der Waals surface area contributed by atoms with E-state index < -0.39 is 0 Å². The fourth-order valence-electron chi connectivity index (χ4n) is 5.70. The number of aromatic nitrogens is 1. The topological polar surface area (TPSA) is 78.8 Å². The quantitative estimate of drug-likeness (QED) is 0.233. The molecule has 218 valence electrons. The monoisotopic (exact) mass is 586 g/mol. The Bertz CT molecular complexity index is 2020. The molecule has 3 aliphatic rings. The maximum absolute atomic E-state index is 12.1. The summed E-state index contributed by atoms with van der Waals surface area (Å²) in [6.45, 7) is 2.51. The second-order valence-corrected chi connectivity index (χ2v) is 10.6. The Morgan fingerprint density at radius 1 is 0.600 bits per heavy atom. The summed E-state index contributed by atoms with van der Waals surface area (Å²) in [4.78, 5) is 25.8. The number of hydrogen-bond donors (Lipinski definition) is 2. The molecule has 0 unspecified atom stereocenters. The van der Waals surface area contributed by atoms with Gasteiger partial charge in [0.25, 0.3) is 0 Å². The maximum Gasteiger partial charge on any atom is 0.248 e. The van der Waals surface area contributed by atoms with E-state index in [2.05, 4.69) is 46.7 Å². The number of amides is 1. The van der Waals surface area contributed by atoms with Gasteiger partial charge in [-0.25, -0.2) is 9.98 Å². The van der Waals surface area contributed by atoms with Crippen LogP contribution in [0.4, 0.5) is 0 Å². The van der Waals surface area contributed by atoms with Gasteiger partial charge in [-0.05, 0) is 60.1 Å². The zero-order valence-corrected chi connectivity index (χ0v) is 24.7. The number of hydrogen-bond acceptors (Lipinski definition) is 4. The molecule has 4 heterocycles. The predicted molar refractivity (Wildman–Crippen MR) is 181 cm³/mol. The first kappa shape index (κ1) is 27.8. The molecule has 0 radical (unpaired) electrons. The van der Waals surface area contributed by atoms with Crippen molar-refractivity contribution in [3.05, 3.63) is 185 Å². The van der Waals surface area contributed by atoms with Crippen LogP contribution in [0.5, 0.6) is 0 Å². The van der Waals surface area contributed by atoms with Crippen LogP contribution in [-0.2, 0) is 9.53 Å². The molecule has 6 nitrogen and oxygen atoms in total. The Labute approximate surface area is 261 Å². The van der Waals surface area contributed by atoms with Gasteiger partial charge in [-0.1, -0.05) is 91.0 Å². The molecule has 0 spiro atoms. The van der Waals surface area contributed by atoms with E-state index in [0.29, 0.717) is 12.5 Å². The van der Waals surface area contributed by atoms with Gasteiger partial charge in [0.15, 0.2) is 0 Å². The van der Waals surface area contributed by atoms with E-state index in [1.54, 1.807) is 6.08 Å². The fraction of sp³-hybridized carbons (Fsp3) is 0.0513. The second-order valence-electron chi connectivity index (χ2n) is 10.6. The average molecular weight is 587 g/mol. The van der Waals surface area contributed by atoms with Crippen LogP contribution in [0.15, 0.2) is 167 Å². The van der Waals surface area contributed by atoms with Crippen LogP contribution in [0.2, 0.25) is 0 Å². The van der Waals surface area contributed by atoms with E-state index in [1.807, 2.05) is 104 Å². The zero-order valence-electron chi connectivity index (χ0n) is 24.7. The van der Waals surface area contributed by atoms with Gasteiger partial charge in [0, 0.05) is 40.3 Å². The van der Waals surface area contributed by atoms with Crippen molar-refractivity contribution in [2.24, 2.45) is 9.98 Å². The fourth-order valence-corrected chi connectivity index (χ4v) is 5.70. The summed E-state index contributed by atoms with van der Waals surface area (Å²) in [6, 6.07) is 34.7. The standard InChI is InChI=1S/C39H30N4O2/c1-2-45-36-25-23-34(43-36)39(28-16-10-5-11-17-28)32-21-19-30(41-32)37(26-12-6-3-7-13-26)29-18-20-31(40-29)38(27-14-8-4-9-15-27)33-22-24-35(44)42-33/h3-25,41H,2H2,1H3,(H,42,44)/b37-29-,38-33-,39-34-. The van der Waals surface area contributed by atoms with Gasteiger partial charge in [0.2, 0.25) is 11.8 Å². The first-order chi connectivity index (χ1) is 22.2. The van der Waals surface area contributed by atoms with E-state index in [9.17, 15) is 4.79 Å². The largest absolute Gasteiger partial charge is 0.478 e. The highest BCUT2D eigenvalue weighted by Gasteiger charge is 2.23. The summed E-state index contributed by atoms with van der Waals surface area (Å²) in [5.41, 5.74) is 10.9. The highest BCUT2D eigenvalue weighted by molar-refractivity contribution is 6.32. The van der Waals surface area contributed by atoms with Crippen LogP contribution in [-0.4, -0.2) is 29.1 Å². The molecule has 0 saturated heterocycles. The summed E-state index contributed by atoms with van der Waals surface area (Å²) in [7, 11) is 0. The maximum atomic E-state index is 12.1. The highest BCUT2D eigenvalue weighted by Crippen LogP contribution is 2.36. The van der Waals surface area contributed by atoms with Crippen LogP contribution in [0.3, 0.4) is 0 Å². The SMILES string of the molecule is CCOC1=N/C(=C(/c2ccccc2)c2ccc(/C(=C3/C=CC(C(=C4/C=CC(=O)N4)/c4ccccc4)=N3)c3ccccc3)[nH]2)C=C1. The molecule has 7 rings (SSSR count). The summed E-state index contributed by atoms with van der Waals surface area (Å²) in [5.74, 6) is 0.466. The van der Waals surface area contributed by atoms with Crippen molar-refractivity contribution in [3.8, 4) is 0 Å². The minimum atomic E-state index is -0.140. The lowest BCUT2D eigenvalue weighted by Crippen LogP contribution is -2.16. The normalized spacial score (nSPS) is 18.6. The second kappa shape index (κ2) is 12.3. The summed E-state index contributed by atoms with van der Waals surface area (Å²) in [6.07, 6.45) is 11.3.